The van der Waals surface area contributed by atoms with Crippen LogP contribution in [0, 0.1) is 5.92 Å². The first-order valence-corrected chi connectivity index (χ1v) is 6.75. The summed E-state index contributed by atoms with van der Waals surface area (Å²) in [6, 6.07) is 20.2. The van der Waals surface area contributed by atoms with E-state index < -0.39 is 0 Å². The number of hydrogen-bond acceptors (Lipinski definition) is 1. The minimum atomic E-state index is 0.127. The van der Waals surface area contributed by atoms with Gasteiger partial charge in [-0.15, -0.1) is 0 Å². The van der Waals surface area contributed by atoms with Crippen molar-refractivity contribution in [1.82, 2.24) is 0 Å². The zero-order chi connectivity index (χ0) is 13.1. The van der Waals surface area contributed by atoms with Crippen LogP contribution in [0.25, 0.3) is 0 Å². The highest BCUT2D eigenvalue weighted by atomic mass is 16.2. The van der Waals surface area contributed by atoms with Crippen molar-refractivity contribution >= 4 is 11.6 Å². The summed E-state index contributed by atoms with van der Waals surface area (Å²) in [6.07, 6.45) is 1.80. The van der Waals surface area contributed by atoms with Crippen LogP contribution >= 0.6 is 0 Å². The molecule has 1 saturated heterocycles. The van der Waals surface area contributed by atoms with Crippen molar-refractivity contribution in [3.8, 4) is 0 Å². The molecule has 1 unspecified atom stereocenters. The molecule has 0 aromatic heterocycles. The quantitative estimate of drug-likeness (QED) is 0.819. The summed E-state index contributed by atoms with van der Waals surface area (Å²) in [5.41, 5.74) is 2.26. The van der Waals surface area contributed by atoms with E-state index >= 15 is 0 Å². The van der Waals surface area contributed by atoms with E-state index in [-0.39, 0.29) is 11.8 Å². The summed E-state index contributed by atoms with van der Waals surface area (Å²) >= 11 is 0. The van der Waals surface area contributed by atoms with Crippen molar-refractivity contribution in [1.29, 1.82) is 0 Å². The standard InChI is InChI=1S/C17H17NO/c19-17-15(13-14-7-3-1-4-8-14)11-12-18(17)16-9-5-2-6-10-16/h1-10,15H,11-13H2. The number of hydrogen-bond donors (Lipinski definition) is 0. The molecule has 0 bridgehead atoms. The molecule has 1 aliphatic heterocycles. The number of nitrogens with zero attached hydrogens (tertiary/aromatic N) is 1. The molecular weight excluding hydrogens is 234 g/mol. The maximum atomic E-state index is 12.4. The van der Waals surface area contributed by atoms with Crippen LogP contribution < -0.4 is 4.90 Å². The van der Waals surface area contributed by atoms with Gasteiger partial charge in [-0.25, -0.2) is 0 Å². The van der Waals surface area contributed by atoms with Gasteiger partial charge in [-0.05, 0) is 30.5 Å². The van der Waals surface area contributed by atoms with Crippen LogP contribution in [-0.2, 0) is 11.2 Å². The average molecular weight is 251 g/mol. The van der Waals surface area contributed by atoms with Crippen LogP contribution in [0.3, 0.4) is 0 Å². The zero-order valence-electron chi connectivity index (χ0n) is 10.8. The number of para-hydroxylation sites is 1. The zero-order valence-corrected chi connectivity index (χ0v) is 10.8. The van der Waals surface area contributed by atoms with Crippen LogP contribution in [-0.4, -0.2) is 12.5 Å². The van der Waals surface area contributed by atoms with E-state index in [2.05, 4.69) is 12.1 Å². The summed E-state index contributed by atoms with van der Waals surface area (Å²) in [4.78, 5) is 14.3. The van der Waals surface area contributed by atoms with Gasteiger partial charge >= 0.3 is 0 Å². The van der Waals surface area contributed by atoms with Gasteiger partial charge in [0.15, 0.2) is 0 Å². The second-order valence-electron chi connectivity index (χ2n) is 5.00. The van der Waals surface area contributed by atoms with Crippen molar-refractivity contribution in [2.24, 2.45) is 5.92 Å². The summed E-state index contributed by atoms with van der Waals surface area (Å²) in [6.45, 7) is 0.834. The first-order chi connectivity index (χ1) is 9.34. The minimum absolute atomic E-state index is 0.127. The number of carbonyl (C=O) groups is 1. The third kappa shape index (κ3) is 2.53. The fourth-order valence-corrected chi connectivity index (χ4v) is 2.69. The monoisotopic (exact) mass is 251 g/mol. The molecular formula is C17H17NO. The van der Waals surface area contributed by atoms with Crippen LogP contribution in [0.15, 0.2) is 60.7 Å². The summed E-state index contributed by atoms with van der Waals surface area (Å²) in [5.74, 6) is 0.387. The van der Waals surface area contributed by atoms with E-state index in [1.165, 1.54) is 5.56 Å². The normalized spacial score (nSPS) is 18.8. The summed E-state index contributed by atoms with van der Waals surface area (Å²) in [5, 5.41) is 0. The van der Waals surface area contributed by atoms with E-state index in [0.29, 0.717) is 0 Å². The fraction of sp³-hybridized carbons (Fsp3) is 0.235. The van der Waals surface area contributed by atoms with Crippen LogP contribution in [0.2, 0.25) is 0 Å². The van der Waals surface area contributed by atoms with Gasteiger partial charge in [0.1, 0.15) is 0 Å². The molecule has 19 heavy (non-hydrogen) atoms. The third-order valence-electron chi connectivity index (χ3n) is 3.71. The lowest BCUT2D eigenvalue weighted by Gasteiger charge is -2.16. The summed E-state index contributed by atoms with van der Waals surface area (Å²) < 4.78 is 0. The fourth-order valence-electron chi connectivity index (χ4n) is 2.69. The van der Waals surface area contributed by atoms with Gasteiger partial charge < -0.3 is 4.90 Å². The Labute approximate surface area is 113 Å². The molecule has 2 aromatic rings. The van der Waals surface area contributed by atoms with Gasteiger partial charge in [-0.2, -0.15) is 0 Å². The Hall–Kier alpha value is -2.09. The Kier molecular flexibility index (Phi) is 3.32. The van der Waals surface area contributed by atoms with Crippen molar-refractivity contribution in [2.45, 2.75) is 12.8 Å². The van der Waals surface area contributed by atoms with E-state index in [1.54, 1.807) is 0 Å². The van der Waals surface area contributed by atoms with E-state index in [1.807, 2.05) is 53.4 Å². The Morgan fingerprint density at radius 2 is 1.58 bits per heavy atom. The Bertz CT molecular complexity index is 550. The molecule has 2 aromatic carbocycles. The van der Waals surface area contributed by atoms with Crippen LogP contribution in [0.4, 0.5) is 5.69 Å². The Morgan fingerprint density at radius 1 is 0.947 bits per heavy atom. The molecule has 2 nitrogen and oxygen atoms in total. The third-order valence-corrected chi connectivity index (χ3v) is 3.71. The summed E-state index contributed by atoms with van der Waals surface area (Å²) in [7, 11) is 0. The van der Waals surface area contributed by atoms with Gasteiger partial charge in [0.05, 0.1) is 0 Å². The van der Waals surface area contributed by atoms with Gasteiger partial charge in [-0.3, -0.25) is 4.79 Å². The highest BCUT2D eigenvalue weighted by Crippen LogP contribution is 2.27. The molecule has 1 fully saturated rings. The molecule has 2 heteroatoms. The predicted octanol–water partition coefficient (Wildman–Crippen LogP) is 3.28. The molecule has 96 valence electrons. The lowest BCUT2D eigenvalue weighted by atomic mass is 9.98. The van der Waals surface area contributed by atoms with E-state index in [4.69, 9.17) is 0 Å². The van der Waals surface area contributed by atoms with Gasteiger partial charge in [0.25, 0.3) is 0 Å². The molecule has 1 heterocycles. The van der Waals surface area contributed by atoms with E-state index in [0.717, 1.165) is 25.1 Å². The van der Waals surface area contributed by atoms with Gasteiger partial charge in [0, 0.05) is 18.2 Å². The Morgan fingerprint density at radius 3 is 2.26 bits per heavy atom. The molecule has 0 saturated carbocycles. The highest BCUT2D eigenvalue weighted by molar-refractivity contribution is 5.97. The molecule has 1 aliphatic rings. The van der Waals surface area contributed by atoms with Crippen molar-refractivity contribution < 1.29 is 4.79 Å². The second kappa shape index (κ2) is 5.27. The van der Waals surface area contributed by atoms with Crippen molar-refractivity contribution in [3.63, 3.8) is 0 Å². The smallest absolute Gasteiger partial charge is 0.230 e. The van der Waals surface area contributed by atoms with Crippen molar-refractivity contribution in [2.75, 3.05) is 11.4 Å². The first-order valence-electron chi connectivity index (χ1n) is 6.75. The van der Waals surface area contributed by atoms with Crippen LogP contribution in [0.5, 0.6) is 0 Å². The average Bonchev–Trinajstić information content (AvgIpc) is 2.82. The minimum Gasteiger partial charge on any atom is -0.312 e. The largest absolute Gasteiger partial charge is 0.312 e. The number of amides is 1. The number of carbonyl (C=O) groups excluding carboxylic acids is 1. The predicted molar refractivity (Wildman–Crippen MR) is 77.0 cm³/mol. The lowest BCUT2D eigenvalue weighted by Crippen LogP contribution is -2.27. The molecule has 0 N–H and O–H groups in total. The molecule has 0 aliphatic carbocycles. The van der Waals surface area contributed by atoms with Gasteiger partial charge in [-0.1, -0.05) is 48.5 Å². The highest BCUT2D eigenvalue weighted by Gasteiger charge is 2.32. The molecule has 1 atom stereocenters. The number of anilines is 1. The van der Waals surface area contributed by atoms with Crippen LogP contribution in [0.1, 0.15) is 12.0 Å². The molecule has 3 rings (SSSR count). The topological polar surface area (TPSA) is 20.3 Å². The SMILES string of the molecule is O=C1C(Cc2ccccc2)CCN1c1ccccc1. The van der Waals surface area contributed by atoms with Gasteiger partial charge in [0.2, 0.25) is 5.91 Å². The lowest BCUT2D eigenvalue weighted by molar-refractivity contribution is -0.120. The number of rotatable bonds is 3. The number of benzene rings is 2. The van der Waals surface area contributed by atoms with E-state index in [9.17, 15) is 4.79 Å². The van der Waals surface area contributed by atoms with Crippen molar-refractivity contribution in [3.05, 3.63) is 66.2 Å². The first kappa shape index (κ1) is 12.0. The second-order valence-corrected chi connectivity index (χ2v) is 5.00. The maximum Gasteiger partial charge on any atom is 0.230 e. The maximum absolute atomic E-state index is 12.4. The molecule has 0 spiro atoms. The molecule has 1 amide bonds. The Balaban J connectivity index is 1.73. The molecule has 0 radical (unpaired) electrons.